The van der Waals surface area contributed by atoms with Gasteiger partial charge in [-0.3, -0.25) is 4.98 Å². The Bertz CT molecular complexity index is 248. The van der Waals surface area contributed by atoms with Gasteiger partial charge in [0.1, 0.15) is 0 Å². The molecule has 0 saturated carbocycles. The highest BCUT2D eigenvalue weighted by molar-refractivity contribution is 5.15. The third kappa shape index (κ3) is 2.55. The van der Waals surface area contributed by atoms with Crippen LogP contribution in [0.2, 0.25) is 0 Å². The van der Waals surface area contributed by atoms with Crippen LogP contribution in [0.4, 0.5) is 0 Å². The third-order valence-corrected chi connectivity index (χ3v) is 2.56. The summed E-state index contributed by atoms with van der Waals surface area (Å²) >= 11 is 0. The van der Waals surface area contributed by atoms with E-state index >= 15 is 0 Å². The van der Waals surface area contributed by atoms with Crippen LogP contribution in [0.25, 0.3) is 0 Å². The standard InChI is InChI=1S/C12H19N/c1-5-11(9(2)3)12-7-6-10(4)8-13-12/h6-9,11H,5H2,1-4H3. The first-order valence-electron chi connectivity index (χ1n) is 5.07. The fourth-order valence-corrected chi connectivity index (χ4v) is 1.72. The number of rotatable bonds is 3. The van der Waals surface area contributed by atoms with E-state index in [0.29, 0.717) is 11.8 Å². The van der Waals surface area contributed by atoms with E-state index < -0.39 is 0 Å². The zero-order chi connectivity index (χ0) is 9.84. The number of hydrogen-bond acceptors (Lipinski definition) is 1. The second-order valence-corrected chi connectivity index (χ2v) is 4.02. The van der Waals surface area contributed by atoms with Crippen molar-refractivity contribution >= 4 is 0 Å². The molecule has 0 aliphatic rings. The third-order valence-electron chi connectivity index (χ3n) is 2.56. The van der Waals surface area contributed by atoms with Crippen LogP contribution in [0.3, 0.4) is 0 Å². The molecule has 1 aromatic heterocycles. The van der Waals surface area contributed by atoms with Crippen molar-refractivity contribution < 1.29 is 0 Å². The van der Waals surface area contributed by atoms with Gasteiger partial charge >= 0.3 is 0 Å². The SMILES string of the molecule is CCC(c1ccc(C)cn1)C(C)C. The summed E-state index contributed by atoms with van der Waals surface area (Å²) in [5, 5.41) is 0. The maximum absolute atomic E-state index is 4.47. The van der Waals surface area contributed by atoms with Crippen molar-refractivity contribution in [3.63, 3.8) is 0 Å². The first kappa shape index (κ1) is 10.2. The largest absolute Gasteiger partial charge is 0.261 e. The molecule has 1 aromatic rings. The van der Waals surface area contributed by atoms with Gasteiger partial charge in [-0.05, 0) is 30.9 Å². The Morgan fingerprint density at radius 2 is 2.00 bits per heavy atom. The van der Waals surface area contributed by atoms with E-state index in [4.69, 9.17) is 0 Å². The smallest absolute Gasteiger partial charge is 0.0437 e. The molecule has 0 aromatic carbocycles. The molecular formula is C12H19N. The highest BCUT2D eigenvalue weighted by Crippen LogP contribution is 2.25. The molecule has 0 N–H and O–H groups in total. The lowest BCUT2D eigenvalue weighted by molar-refractivity contribution is 0.475. The summed E-state index contributed by atoms with van der Waals surface area (Å²) in [7, 11) is 0. The van der Waals surface area contributed by atoms with Gasteiger partial charge in [-0.15, -0.1) is 0 Å². The zero-order valence-corrected chi connectivity index (χ0v) is 9.04. The van der Waals surface area contributed by atoms with Crippen LogP contribution < -0.4 is 0 Å². The van der Waals surface area contributed by atoms with Crippen LogP contribution in [0, 0.1) is 12.8 Å². The molecule has 1 heterocycles. The average molecular weight is 177 g/mol. The van der Waals surface area contributed by atoms with E-state index in [9.17, 15) is 0 Å². The molecule has 1 heteroatoms. The van der Waals surface area contributed by atoms with Gasteiger partial charge < -0.3 is 0 Å². The lowest BCUT2D eigenvalue weighted by Gasteiger charge is -2.18. The van der Waals surface area contributed by atoms with Crippen LogP contribution in [0.1, 0.15) is 44.4 Å². The monoisotopic (exact) mass is 177 g/mol. The number of pyridine rings is 1. The normalized spacial score (nSPS) is 13.3. The van der Waals surface area contributed by atoms with Crippen molar-refractivity contribution in [1.82, 2.24) is 4.98 Å². The fourth-order valence-electron chi connectivity index (χ4n) is 1.72. The second kappa shape index (κ2) is 4.40. The van der Waals surface area contributed by atoms with E-state index in [2.05, 4.69) is 44.8 Å². The molecule has 1 rings (SSSR count). The van der Waals surface area contributed by atoms with E-state index in [1.54, 1.807) is 0 Å². The Labute approximate surface area is 81.2 Å². The van der Waals surface area contributed by atoms with Crippen LogP contribution in [0.5, 0.6) is 0 Å². The van der Waals surface area contributed by atoms with Gasteiger partial charge in [0, 0.05) is 17.8 Å². The topological polar surface area (TPSA) is 12.9 Å². The van der Waals surface area contributed by atoms with Crippen molar-refractivity contribution in [3.8, 4) is 0 Å². The van der Waals surface area contributed by atoms with Crippen molar-refractivity contribution in [2.45, 2.75) is 40.0 Å². The van der Waals surface area contributed by atoms with E-state index in [0.717, 1.165) is 0 Å². The van der Waals surface area contributed by atoms with Gasteiger partial charge in [0.25, 0.3) is 0 Å². The molecule has 0 bridgehead atoms. The van der Waals surface area contributed by atoms with Gasteiger partial charge in [-0.1, -0.05) is 26.8 Å². The molecule has 13 heavy (non-hydrogen) atoms. The quantitative estimate of drug-likeness (QED) is 0.688. The summed E-state index contributed by atoms with van der Waals surface area (Å²) in [4.78, 5) is 4.47. The Morgan fingerprint density at radius 1 is 1.31 bits per heavy atom. The van der Waals surface area contributed by atoms with Gasteiger partial charge in [-0.2, -0.15) is 0 Å². The first-order chi connectivity index (χ1) is 6.15. The minimum absolute atomic E-state index is 0.612. The second-order valence-electron chi connectivity index (χ2n) is 4.02. The summed E-state index contributed by atoms with van der Waals surface area (Å²) in [6.07, 6.45) is 3.13. The molecule has 0 radical (unpaired) electrons. The van der Waals surface area contributed by atoms with Crippen LogP contribution >= 0.6 is 0 Å². The van der Waals surface area contributed by atoms with Crippen LogP contribution in [-0.4, -0.2) is 4.98 Å². The lowest BCUT2D eigenvalue weighted by atomic mass is 9.90. The Morgan fingerprint density at radius 3 is 2.38 bits per heavy atom. The molecule has 0 aliphatic carbocycles. The Kier molecular flexibility index (Phi) is 3.47. The van der Waals surface area contributed by atoms with E-state index in [-0.39, 0.29) is 0 Å². The summed E-state index contributed by atoms with van der Waals surface area (Å²) < 4.78 is 0. The molecule has 1 atom stereocenters. The van der Waals surface area contributed by atoms with Gasteiger partial charge in [0.15, 0.2) is 0 Å². The molecule has 0 fully saturated rings. The zero-order valence-electron chi connectivity index (χ0n) is 9.04. The number of nitrogens with zero attached hydrogens (tertiary/aromatic N) is 1. The van der Waals surface area contributed by atoms with E-state index in [1.165, 1.54) is 17.7 Å². The Balaban J connectivity index is 2.86. The van der Waals surface area contributed by atoms with Gasteiger partial charge in [0.2, 0.25) is 0 Å². The fraction of sp³-hybridized carbons (Fsp3) is 0.583. The molecule has 1 unspecified atom stereocenters. The maximum Gasteiger partial charge on any atom is 0.0437 e. The highest BCUT2D eigenvalue weighted by Gasteiger charge is 2.14. The van der Waals surface area contributed by atoms with Crippen molar-refractivity contribution in [3.05, 3.63) is 29.6 Å². The van der Waals surface area contributed by atoms with Crippen LogP contribution in [-0.2, 0) is 0 Å². The molecule has 1 nitrogen and oxygen atoms in total. The van der Waals surface area contributed by atoms with Crippen molar-refractivity contribution in [2.24, 2.45) is 5.92 Å². The summed E-state index contributed by atoms with van der Waals surface area (Å²) in [6, 6.07) is 4.30. The summed E-state index contributed by atoms with van der Waals surface area (Å²) in [5.74, 6) is 1.29. The summed E-state index contributed by atoms with van der Waals surface area (Å²) in [5.41, 5.74) is 2.48. The molecule has 0 amide bonds. The molecule has 0 spiro atoms. The minimum atomic E-state index is 0.612. The van der Waals surface area contributed by atoms with Crippen molar-refractivity contribution in [2.75, 3.05) is 0 Å². The number of hydrogen-bond donors (Lipinski definition) is 0. The molecule has 72 valence electrons. The van der Waals surface area contributed by atoms with Gasteiger partial charge in [-0.25, -0.2) is 0 Å². The Hall–Kier alpha value is -0.850. The lowest BCUT2D eigenvalue weighted by Crippen LogP contribution is -2.07. The highest BCUT2D eigenvalue weighted by atomic mass is 14.7. The number of aromatic nitrogens is 1. The van der Waals surface area contributed by atoms with Gasteiger partial charge in [0.05, 0.1) is 0 Å². The molecular weight excluding hydrogens is 158 g/mol. The average Bonchev–Trinajstić information content (AvgIpc) is 2.09. The predicted octanol–water partition coefficient (Wildman–Crippen LogP) is 3.54. The maximum atomic E-state index is 4.47. The van der Waals surface area contributed by atoms with Crippen LogP contribution in [0.15, 0.2) is 18.3 Å². The van der Waals surface area contributed by atoms with E-state index in [1.807, 2.05) is 6.20 Å². The minimum Gasteiger partial charge on any atom is -0.261 e. The predicted molar refractivity (Wildman–Crippen MR) is 56.8 cm³/mol. The number of aryl methyl sites for hydroxylation is 1. The summed E-state index contributed by atoms with van der Waals surface area (Å²) in [6.45, 7) is 8.82. The molecule has 0 saturated heterocycles. The van der Waals surface area contributed by atoms with Crippen molar-refractivity contribution in [1.29, 1.82) is 0 Å². The first-order valence-corrected chi connectivity index (χ1v) is 5.07. The molecule has 0 aliphatic heterocycles.